The van der Waals surface area contributed by atoms with E-state index in [-0.39, 0.29) is 45.1 Å². The van der Waals surface area contributed by atoms with Crippen LogP contribution in [0.3, 0.4) is 0 Å². The first kappa shape index (κ1) is 55.3. The van der Waals surface area contributed by atoms with Crippen LogP contribution in [0.4, 0.5) is 0 Å². The van der Waals surface area contributed by atoms with Crippen LogP contribution in [-0.4, -0.2) is 128 Å². The van der Waals surface area contributed by atoms with Gasteiger partial charge in [-0.1, -0.05) is 60.7 Å². The van der Waals surface area contributed by atoms with Crippen LogP contribution in [0.5, 0.6) is 0 Å². The second kappa shape index (κ2) is 25.4. The largest absolute Gasteiger partial charge is 0.659 e. The summed E-state index contributed by atoms with van der Waals surface area (Å²) >= 11 is 0. The zero-order valence-electron chi connectivity index (χ0n) is 40.5. The number of hydrogen-bond donors (Lipinski definition) is 1. The summed E-state index contributed by atoms with van der Waals surface area (Å²) in [5.74, 6) is -1.03. The number of aromatic nitrogens is 2. The molecule has 2 heterocycles. The zero-order chi connectivity index (χ0) is 48.8. The Kier molecular flexibility index (Phi) is 21.3. The Labute approximate surface area is 393 Å². The number of nitrogens with one attached hydrogen (secondary N) is 1. The molecule has 0 radical (unpaired) electrons. The normalized spacial score (nSPS) is 18.8. The number of nitrogens with zero attached hydrogens (tertiary/aromatic N) is 2. The van der Waals surface area contributed by atoms with E-state index in [0.29, 0.717) is 0 Å². The van der Waals surface area contributed by atoms with Crippen molar-refractivity contribution in [1.29, 1.82) is 0 Å². The highest BCUT2D eigenvalue weighted by Gasteiger charge is 2.57. The minimum atomic E-state index is -4.23. The highest BCUT2D eigenvalue weighted by molar-refractivity contribution is 7.49. The third kappa shape index (κ3) is 17.7. The van der Waals surface area contributed by atoms with Gasteiger partial charge in [0.05, 0.1) is 19.8 Å². The number of rotatable bonds is 27. The van der Waals surface area contributed by atoms with Crippen molar-refractivity contribution in [3.8, 4) is 0 Å². The van der Waals surface area contributed by atoms with Crippen molar-refractivity contribution in [3.63, 3.8) is 0 Å². The van der Waals surface area contributed by atoms with Gasteiger partial charge >= 0.3 is 26.7 Å². The molecule has 4 rings (SSSR count). The second-order valence-electron chi connectivity index (χ2n) is 18.1. The first-order valence-electron chi connectivity index (χ1n) is 22.1. The summed E-state index contributed by atoms with van der Waals surface area (Å²) in [6.45, 7) is 22.7. The van der Waals surface area contributed by atoms with E-state index in [1.807, 2.05) is 107 Å². The fourth-order valence-corrected chi connectivity index (χ4v) is 17.6. The zero-order valence-corrected chi connectivity index (χ0v) is 44.4. The second-order valence-corrected chi connectivity index (χ2v) is 31.3. The number of ether oxygens (including phenoxy) is 6. The lowest BCUT2D eigenvalue weighted by Crippen LogP contribution is -2.60. The van der Waals surface area contributed by atoms with Crippen LogP contribution in [0.1, 0.15) is 65.0 Å². The lowest BCUT2D eigenvalue weighted by atomic mass is 10.0. The maximum Gasteiger partial charge on any atom is 0.659 e. The van der Waals surface area contributed by atoms with Gasteiger partial charge < -0.3 is 50.0 Å². The Morgan fingerprint density at radius 1 is 0.758 bits per heavy atom. The number of benzene rings is 2. The van der Waals surface area contributed by atoms with Gasteiger partial charge in [0.1, 0.15) is 45.9 Å². The van der Waals surface area contributed by atoms with Gasteiger partial charge in [0.2, 0.25) is 0 Å². The Balaban J connectivity index is 1.88. The van der Waals surface area contributed by atoms with Gasteiger partial charge in [0, 0.05) is 38.2 Å². The molecular weight excluding hydrogens is 926 g/mol. The summed E-state index contributed by atoms with van der Waals surface area (Å²) in [6, 6.07) is 20.9. The van der Waals surface area contributed by atoms with Crippen LogP contribution in [0, 0.1) is 0 Å². The SMILES string of the molecule is CC(=O)OCCOC(OCCOC(C)=O)OC1[C@@H](OP(C)N(C(C)C)C(C)C)[C@@H](CO[Si](OC(c2ccccc2)c2ccccc2)(O[Si](C)(C)C)O[Si](C)(C)C)O[C@H]1n1ccc(=O)[nH]c1=O. The van der Waals surface area contributed by atoms with Crippen LogP contribution in [0.2, 0.25) is 39.3 Å². The monoisotopic (exact) mass is 995 g/mol. The fraction of sp³-hybridized carbons (Fsp3) is 0.591. The van der Waals surface area contributed by atoms with Gasteiger partial charge in [-0.05, 0) is 84.8 Å². The van der Waals surface area contributed by atoms with E-state index in [2.05, 4.69) is 37.3 Å². The summed E-state index contributed by atoms with van der Waals surface area (Å²) in [6.07, 6.45) is -3.85. The van der Waals surface area contributed by atoms with Gasteiger partial charge in [-0.3, -0.25) is 28.6 Å². The molecule has 1 N–H and O–H groups in total. The van der Waals surface area contributed by atoms with Crippen molar-refractivity contribution in [2.75, 3.05) is 39.7 Å². The number of carbonyl (C=O) groups excluding carboxylic acids is 2. The molecule has 0 bridgehead atoms. The molecule has 368 valence electrons. The number of aromatic amines is 1. The standard InChI is InChI=1S/C44H70N3O15PSi3/c1-31(2)47(32(3)4)63(7)59-40-37(30-56-66(61-64(8,9)10,62-65(11,12)13)60-39(35-20-16-14-17-21-35)36-22-18-15-19-23-36)57-42(46-25-24-38(50)45-43(46)51)41(40)58-44(54-28-26-52-33(5)48)55-29-27-53-34(6)49/h14-25,31-32,37,39-42,44H,26-30H2,1-13H3,(H,45,50,51)/t37-,40+,41?,42-,63?/m1/s1. The average molecular weight is 996 g/mol. The number of hydrogen-bond acceptors (Lipinski definition) is 16. The fourth-order valence-electron chi connectivity index (χ4n) is 7.18. The van der Waals surface area contributed by atoms with Crippen LogP contribution >= 0.6 is 8.30 Å². The van der Waals surface area contributed by atoms with Crippen molar-refractivity contribution >= 4 is 45.9 Å². The molecule has 0 spiro atoms. The van der Waals surface area contributed by atoms with Crippen LogP contribution in [0.15, 0.2) is 82.5 Å². The van der Waals surface area contributed by atoms with Crippen molar-refractivity contribution in [1.82, 2.24) is 14.2 Å². The van der Waals surface area contributed by atoms with E-state index < -0.39 is 94.3 Å². The van der Waals surface area contributed by atoms with Crippen LogP contribution < -0.4 is 11.2 Å². The molecule has 0 aliphatic carbocycles. The average Bonchev–Trinajstić information content (AvgIpc) is 3.53. The first-order valence-corrected chi connectivity index (χ1v) is 32.2. The lowest BCUT2D eigenvalue weighted by molar-refractivity contribution is -0.320. The molecule has 1 aromatic heterocycles. The van der Waals surface area contributed by atoms with Gasteiger partial charge in [-0.25, -0.2) is 4.79 Å². The molecule has 3 aromatic rings. The van der Waals surface area contributed by atoms with Gasteiger partial charge in [-0.15, -0.1) is 0 Å². The van der Waals surface area contributed by atoms with E-state index in [1.54, 1.807) is 0 Å². The summed E-state index contributed by atoms with van der Waals surface area (Å²) in [7, 11) is -10.7. The Hall–Kier alpha value is -3.26. The molecular formula is C44H70N3O15PSi3. The lowest BCUT2D eigenvalue weighted by Gasteiger charge is -2.41. The molecule has 1 saturated heterocycles. The third-order valence-corrected chi connectivity index (χ3v) is 19.4. The van der Waals surface area contributed by atoms with Crippen LogP contribution in [-0.2, 0) is 59.6 Å². The van der Waals surface area contributed by atoms with Gasteiger partial charge in [0.15, 0.2) is 22.9 Å². The predicted molar refractivity (Wildman–Crippen MR) is 255 cm³/mol. The summed E-state index contributed by atoms with van der Waals surface area (Å²) in [5, 5.41) is 0. The summed E-state index contributed by atoms with van der Waals surface area (Å²) in [4.78, 5) is 51.6. The molecule has 5 atom stereocenters. The van der Waals surface area contributed by atoms with Crippen molar-refractivity contribution < 1.29 is 59.6 Å². The molecule has 2 aromatic carbocycles. The van der Waals surface area contributed by atoms with Gasteiger partial charge in [0.25, 0.3) is 12.0 Å². The smallest absolute Gasteiger partial charge is 0.463 e. The molecule has 18 nitrogen and oxygen atoms in total. The molecule has 1 aliphatic rings. The number of carbonyl (C=O) groups is 2. The van der Waals surface area contributed by atoms with E-state index in [4.69, 9.17) is 50.0 Å². The van der Waals surface area contributed by atoms with Gasteiger partial charge in [-0.2, -0.15) is 0 Å². The quantitative estimate of drug-likeness (QED) is 0.0280. The van der Waals surface area contributed by atoms with E-state index in [1.165, 1.54) is 30.7 Å². The van der Waals surface area contributed by atoms with Crippen molar-refractivity contribution in [3.05, 3.63) is 105 Å². The summed E-state index contributed by atoms with van der Waals surface area (Å²) < 4.78 is 74.4. The van der Waals surface area contributed by atoms with E-state index in [0.717, 1.165) is 11.1 Å². The number of esters is 2. The first-order chi connectivity index (χ1) is 31.0. The van der Waals surface area contributed by atoms with E-state index >= 15 is 0 Å². The maximum atomic E-state index is 13.6. The highest BCUT2D eigenvalue weighted by atomic mass is 31.2. The molecule has 0 saturated carbocycles. The molecule has 1 aliphatic heterocycles. The minimum Gasteiger partial charge on any atom is -0.463 e. The molecule has 22 heteroatoms. The minimum absolute atomic E-state index is 0.0636. The van der Waals surface area contributed by atoms with Crippen molar-refractivity contribution in [2.45, 2.75) is 130 Å². The summed E-state index contributed by atoms with van der Waals surface area (Å²) in [5.41, 5.74) is 0.325. The Morgan fingerprint density at radius 2 is 1.26 bits per heavy atom. The Bertz CT molecular complexity index is 1990. The maximum absolute atomic E-state index is 13.6. The van der Waals surface area contributed by atoms with Crippen LogP contribution in [0.25, 0.3) is 0 Å². The molecule has 0 amide bonds. The third-order valence-electron chi connectivity index (χ3n) is 9.38. The van der Waals surface area contributed by atoms with E-state index in [9.17, 15) is 19.2 Å². The molecule has 1 fully saturated rings. The van der Waals surface area contributed by atoms with Crippen molar-refractivity contribution in [2.24, 2.45) is 0 Å². The highest BCUT2D eigenvalue weighted by Crippen LogP contribution is 2.47. The Morgan fingerprint density at radius 3 is 1.70 bits per heavy atom. The molecule has 66 heavy (non-hydrogen) atoms. The predicted octanol–water partition coefficient (Wildman–Crippen LogP) is 6.67. The topological polar surface area (TPSA) is 194 Å². The number of H-pyrrole nitrogens is 1. The molecule has 2 unspecified atom stereocenters.